The molecule has 104 valence electrons. The van der Waals surface area contributed by atoms with Crippen LogP contribution in [-0.2, 0) is 0 Å². The summed E-state index contributed by atoms with van der Waals surface area (Å²) in [6, 6.07) is 6.88. The van der Waals surface area contributed by atoms with E-state index in [1.54, 1.807) is 0 Å². The van der Waals surface area contributed by atoms with Crippen LogP contribution in [0.2, 0.25) is 0 Å². The summed E-state index contributed by atoms with van der Waals surface area (Å²) in [5.41, 5.74) is 3.54. The molecule has 0 spiro atoms. The average Bonchev–Trinajstić information content (AvgIpc) is 2.77. The van der Waals surface area contributed by atoms with Crippen LogP contribution in [-0.4, -0.2) is 9.55 Å². The molecule has 19 heavy (non-hydrogen) atoms. The minimum Gasteiger partial charge on any atom is -0.324 e. The number of rotatable bonds is 5. The van der Waals surface area contributed by atoms with E-state index in [0.717, 1.165) is 17.8 Å². The zero-order valence-electron chi connectivity index (χ0n) is 12.3. The maximum atomic E-state index is 6.35. The molecule has 2 aromatic rings. The Hall–Kier alpha value is -1.02. The smallest absolute Gasteiger partial charge is 0.127 e. The first kappa shape index (κ1) is 14.4. The van der Waals surface area contributed by atoms with Crippen molar-refractivity contribution in [3.63, 3.8) is 0 Å². The number of nitrogens with zero attached hydrogens (tertiary/aromatic N) is 2. The second-order valence-electron chi connectivity index (χ2n) is 5.25. The Morgan fingerprint density at radius 1 is 1.32 bits per heavy atom. The molecule has 0 saturated carbocycles. The number of para-hydroxylation sites is 1. The fourth-order valence-electron chi connectivity index (χ4n) is 2.79. The van der Waals surface area contributed by atoms with Crippen molar-refractivity contribution in [1.29, 1.82) is 0 Å². The maximum Gasteiger partial charge on any atom is 0.127 e. The van der Waals surface area contributed by atoms with Crippen LogP contribution < -0.4 is 0 Å². The third kappa shape index (κ3) is 2.64. The standard InChI is InChI=1S/C16H23ClN2/c1-5-8-13(6-2)19-14-10-7-9-11(3)15(14)18-16(19)12(4)17/h7,9-10,12-13H,5-6,8H2,1-4H3. The van der Waals surface area contributed by atoms with Crippen LogP contribution in [0, 0.1) is 6.92 Å². The predicted molar refractivity (Wildman–Crippen MR) is 83.0 cm³/mol. The lowest BCUT2D eigenvalue weighted by atomic mass is 10.1. The molecule has 0 aliphatic heterocycles. The van der Waals surface area contributed by atoms with Gasteiger partial charge in [-0.25, -0.2) is 4.98 Å². The van der Waals surface area contributed by atoms with E-state index >= 15 is 0 Å². The number of hydrogen-bond acceptors (Lipinski definition) is 1. The molecule has 0 aliphatic carbocycles. The molecule has 0 N–H and O–H groups in total. The monoisotopic (exact) mass is 278 g/mol. The van der Waals surface area contributed by atoms with E-state index in [9.17, 15) is 0 Å². The van der Waals surface area contributed by atoms with Gasteiger partial charge in [0.05, 0.1) is 16.4 Å². The van der Waals surface area contributed by atoms with Crippen LogP contribution in [0.15, 0.2) is 18.2 Å². The van der Waals surface area contributed by atoms with Crippen molar-refractivity contribution >= 4 is 22.6 Å². The van der Waals surface area contributed by atoms with Gasteiger partial charge in [-0.15, -0.1) is 11.6 Å². The minimum absolute atomic E-state index is 0.0577. The number of aromatic nitrogens is 2. The van der Waals surface area contributed by atoms with Crippen molar-refractivity contribution in [1.82, 2.24) is 9.55 Å². The Morgan fingerprint density at radius 2 is 2.05 bits per heavy atom. The number of hydrogen-bond donors (Lipinski definition) is 0. The highest BCUT2D eigenvalue weighted by atomic mass is 35.5. The van der Waals surface area contributed by atoms with Gasteiger partial charge in [0.25, 0.3) is 0 Å². The van der Waals surface area contributed by atoms with Gasteiger partial charge in [0.1, 0.15) is 5.82 Å². The van der Waals surface area contributed by atoms with Crippen LogP contribution in [0.4, 0.5) is 0 Å². The molecular formula is C16H23ClN2. The molecule has 1 aromatic heterocycles. The Morgan fingerprint density at radius 3 is 2.63 bits per heavy atom. The van der Waals surface area contributed by atoms with Crippen LogP contribution in [0.5, 0.6) is 0 Å². The highest BCUT2D eigenvalue weighted by Crippen LogP contribution is 2.32. The van der Waals surface area contributed by atoms with E-state index in [4.69, 9.17) is 16.6 Å². The summed E-state index contributed by atoms with van der Waals surface area (Å²) in [4.78, 5) is 4.79. The number of alkyl halides is 1. The number of benzene rings is 1. The third-order valence-electron chi connectivity index (χ3n) is 3.76. The Bertz CT molecular complexity index is 557. The largest absolute Gasteiger partial charge is 0.324 e. The third-order valence-corrected chi connectivity index (χ3v) is 3.96. The van der Waals surface area contributed by atoms with Crippen LogP contribution in [0.1, 0.15) is 62.8 Å². The van der Waals surface area contributed by atoms with Gasteiger partial charge in [-0.05, 0) is 38.3 Å². The fraction of sp³-hybridized carbons (Fsp3) is 0.562. The molecule has 1 heterocycles. The molecule has 0 aliphatic rings. The van der Waals surface area contributed by atoms with Crippen molar-refractivity contribution in [3.05, 3.63) is 29.6 Å². The Balaban J connectivity index is 2.67. The molecule has 0 amide bonds. The lowest BCUT2D eigenvalue weighted by molar-refractivity contribution is 0.444. The zero-order valence-corrected chi connectivity index (χ0v) is 13.0. The maximum absolute atomic E-state index is 6.35. The summed E-state index contributed by atoms with van der Waals surface area (Å²) in [6.07, 6.45) is 3.47. The Kier molecular flexibility index (Phi) is 4.51. The summed E-state index contributed by atoms with van der Waals surface area (Å²) < 4.78 is 2.36. The average molecular weight is 279 g/mol. The highest BCUT2D eigenvalue weighted by Gasteiger charge is 2.20. The normalized spacial score (nSPS) is 14.8. The quantitative estimate of drug-likeness (QED) is 0.670. The van der Waals surface area contributed by atoms with E-state index in [-0.39, 0.29) is 5.38 Å². The summed E-state index contributed by atoms with van der Waals surface area (Å²) in [6.45, 7) is 8.60. The van der Waals surface area contributed by atoms with E-state index in [1.165, 1.54) is 23.9 Å². The first-order chi connectivity index (χ1) is 9.10. The summed E-state index contributed by atoms with van der Waals surface area (Å²) in [7, 11) is 0. The molecule has 3 heteroatoms. The van der Waals surface area contributed by atoms with E-state index in [2.05, 4.69) is 43.5 Å². The molecule has 0 bridgehead atoms. The summed E-state index contributed by atoms with van der Waals surface area (Å²) >= 11 is 6.35. The van der Waals surface area contributed by atoms with Crippen molar-refractivity contribution in [2.24, 2.45) is 0 Å². The SMILES string of the molecule is CCCC(CC)n1c(C(C)Cl)nc2c(C)cccc21. The minimum atomic E-state index is -0.0577. The first-order valence-electron chi connectivity index (χ1n) is 7.21. The van der Waals surface area contributed by atoms with Gasteiger partial charge in [0.15, 0.2) is 0 Å². The van der Waals surface area contributed by atoms with Gasteiger partial charge in [-0.3, -0.25) is 0 Å². The second-order valence-corrected chi connectivity index (χ2v) is 5.90. The van der Waals surface area contributed by atoms with E-state index in [1.807, 2.05) is 6.92 Å². The molecule has 2 atom stereocenters. The van der Waals surface area contributed by atoms with Gasteiger partial charge in [0.2, 0.25) is 0 Å². The number of halogens is 1. The van der Waals surface area contributed by atoms with Crippen molar-refractivity contribution < 1.29 is 0 Å². The van der Waals surface area contributed by atoms with E-state index in [0.29, 0.717) is 6.04 Å². The van der Waals surface area contributed by atoms with Gasteiger partial charge in [0, 0.05) is 6.04 Å². The molecule has 2 unspecified atom stereocenters. The lowest BCUT2D eigenvalue weighted by Crippen LogP contribution is -2.12. The molecular weight excluding hydrogens is 256 g/mol. The molecule has 1 aromatic carbocycles. The van der Waals surface area contributed by atoms with Gasteiger partial charge >= 0.3 is 0 Å². The molecule has 0 radical (unpaired) electrons. The van der Waals surface area contributed by atoms with Crippen molar-refractivity contribution in [2.45, 2.75) is 58.4 Å². The second kappa shape index (κ2) is 5.96. The summed E-state index contributed by atoms with van der Waals surface area (Å²) in [5.74, 6) is 1.01. The Labute approximate surface area is 120 Å². The fourth-order valence-corrected chi connectivity index (χ4v) is 2.94. The number of imidazole rings is 1. The van der Waals surface area contributed by atoms with Crippen molar-refractivity contribution in [2.75, 3.05) is 0 Å². The van der Waals surface area contributed by atoms with Crippen LogP contribution in [0.25, 0.3) is 11.0 Å². The van der Waals surface area contributed by atoms with E-state index < -0.39 is 0 Å². The first-order valence-corrected chi connectivity index (χ1v) is 7.65. The summed E-state index contributed by atoms with van der Waals surface area (Å²) in [5, 5.41) is -0.0577. The van der Waals surface area contributed by atoms with Gasteiger partial charge < -0.3 is 4.57 Å². The molecule has 2 rings (SSSR count). The lowest BCUT2D eigenvalue weighted by Gasteiger charge is -2.20. The molecule has 0 fully saturated rings. The van der Waals surface area contributed by atoms with Crippen LogP contribution >= 0.6 is 11.6 Å². The van der Waals surface area contributed by atoms with Crippen molar-refractivity contribution in [3.8, 4) is 0 Å². The zero-order chi connectivity index (χ0) is 14.0. The topological polar surface area (TPSA) is 17.8 Å². The predicted octanol–water partition coefficient (Wildman–Crippen LogP) is 5.40. The number of aryl methyl sites for hydroxylation is 1. The highest BCUT2D eigenvalue weighted by molar-refractivity contribution is 6.20. The molecule has 2 nitrogen and oxygen atoms in total. The number of fused-ring (bicyclic) bond motifs is 1. The van der Waals surface area contributed by atoms with Gasteiger partial charge in [-0.1, -0.05) is 32.4 Å². The molecule has 0 saturated heterocycles. The van der Waals surface area contributed by atoms with Crippen LogP contribution in [0.3, 0.4) is 0 Å². The van der Waals surface area contributed by atoms with Gasteiger partial charge in [-0.2, -0.15) is 0 Å².